The van der Waals surface area contributed by atoms with Crippen LogP contribution in [0, 0.1) is 0 Å². The van der Waals surface area contributed by atoms with Crippen molar-refractivity contribution < 1.29 is 13.2 Å². The largest absolute Gasteiger partial charge is 0.360 e. The molecule has 27 heavy (non-hydrogen) atoms. The van der Waals surface area contributed by atoms with E-state index in [4.69, 9.17) is 12.2 Å². The monoisotopic (exact) mass is 403 g/mol. The van der Waals surface area contributed by atoms with Crippen LogP contribution in [0.5, 0.6) is 0 Å². The van der Waals surface area contributed by atoms with E-state index in [0.29, 0.717) is 16.8 Å². The van der Waals surface area contributed by atoms with Crippen LogP contribution in [-0.4, -0.2) is 25.5 Å². The van der Waals surface area contributed by atoms with E-state index in [2.05, 4.69) is 15.4 Å². The highest BCUT2D eigenvalue weighted by atomic mass is 32.2. The second-order valence-corrected chi connectivity index (χ2v) is 8.50. The van der Waals surface area contributed by atoms with Crippen LogP contribution < -0.4 is 15.4 Å². The van der Waals surface area contributed by atoms with Crippen LogP contribution in [0.25, 0.3) is 0 Å². The van der Waals surface area contributed by atoms with Gasteiger partial charge in [-0.1, -0.05) is 31.0 Å². The van der Waals surface area contributed by atoms with Gasteiger partial charge in [-0.2, -0.15) is 0 Å². The fourth-order valence-electron chi connectivity index (χ4n) is 2.97. The van der Waals surface area contributed by atoms with Crippen LogP contribution in [0.3, 0.4) is 0 Å². The molecule has 142 valence electrons. The third kappa shape index (κ3) is 5.27. The molecule has 1 aliphatic carbocycles. The normalized spacial score (nSPS) is 14.5. The standard InChI is InChI=1S/C19H21N3O3S2/c23-18(14-6-2-1-3-7-14)22-27(24,25)17-12-10-16(11-13-17)21-19(26)20-15-8-4-5-9-15/h1-3,6-7,10-13,15H,4-5,8-9H2,(H,22,23)(H2,20,21,26). The molecule has 6 nitrogen and oxygen atoms in total. The Hall–Kier alpha value is -2.45. The predicted molar refractivity (Wildman–Crippen MR) is 109 cm³/mol. The summed E-state index contributed by atoms with van der Waals surface area (Å²) in [5, 5.41) is 6.84. The third-order valence-electron chi connectivity index (χ3n) is 4.38. The Bertz CT molecular complexity index is 907. The van der Waals surface area contributed by atoms with Gasteiger partial charge in [-0.15, -0.1) is 0 Å². The van der Waals surface area contributed by atoms with E-state index in [1.807, 2.05) is 0 Å². The lowest BCUT2D eigenvalue weighted by Crippen LogP contribution is -2.35. The van der Waals surface area contributed by atoms with E-state index < -0.39 is 15.9 Å². The van der Waals surface area contributed by atoms with Gasteiger partial charge in [0.15, 0.2) is 5.11 Å². The van der Waals surface area contributed by atoms with Crippen LogP contribution in [0.15, 0.2) is 59.5 Å². The van der Waals surface area contributed by atoms with Crippen LogP contribution in [0.4, 0.5) is 5.69 Å². The average Bonchev–Trinajstić information content (AvgIpc) is 3.15. The molecule has 0 radical (unpaired) electrons. The van der Waals surface area contributed by atoms with E-state index in [0.717, 1.165) is 12.8 Å². The van der Waals surface area contributed by atoms with Gasteiger partial charge in [-0.05, 0) is 61.5 Å². The van der Waals surface area contributed by atoms with Gasteiger partial charge in [0.25, 0.3) is 15.9 Å². The summed E-state index contributed by atoms with van der Waals surface area (Å²) in [6, 6.07) is 14.7. The zero-order valence-corrected chi connectivity index (χ0v) is 16.3. The maximum Gasteiger partial charge on any atom is 0.264 e. The van der Waals surface area contributed by atoms with Crippen molar-refractivity contribution in [1.82, 2.24) is 10.0 Å². The van der Waals surface area contributed by atoms with Crippen LogP contribution >= 0.6 is 12.2 Å². The molecule has 0 spiro atoms. The quantitative estimate of drug-likeness (QED) is 0.665. The zero-order valence-electron chi connectivity index (χ0n) is 14.6. The number of sulfonamides is 1. The van der Waals surface area contributed by atoms with Gasteiger partial charge >= 0.3 is 0 Å². The van der Waals surface area contributed by atoms with E-state index >= 15 is 0 Å². The molecule has 0 bridgehead atoms. The summed E-state index contributed by atoms with van der Waals surface area (Å²) in [5.41, 5.74) is 0.960. The summed E-state index contributed by atoms with van der Waals surface area (Å²) in [4.78, 5) is 12.1. The number of hydrogen-bond acceptors (Lipinski definition) is 4. The molecule has 8 heteroatoms. The minimum atomic E-state index is -3.95. The van der Waals surface area contributed by atoms with E-state index in [1.54, 1.807) is 42.5 Å². The smallest absolute Gasteiger partial charge is 0.264 e. The highest BCUT2D eigenvalue weighted by Crippen LogP contribution is 2.18. The summed E-state index contributed by atoms with van der Waals surface area (Å²) < 4.78 is 26.9. The molecule has 0 atom stereocenters. The zero-order chi connectivity index (χ0) is 19.3. The van der Waals surface area contributed by atoms with Crippen molar-refractivity contribution in [3.05, 3.63) is 60.2 Å². The summed E-state index contributed by atoms with van der Waals surface area (Å²) in [5.74, 6) is -0.667. The molecule has 1 saturated carbocycles. The first-order chi connectivity index (χ1) is 12.9. The topological polar surface area (TPSA) is 87.3 Å². The molecule has 0 unspecified atom stereocenters. The molecule has 0 aromatic heterocycles. The third-order valence-corrected chi connectivity index (χ3v) is 5.94. The number of amides is 1. The molecular weight excluding hydrogens is 382 g/mol. The maximum atomic E-state index is 12.4. The van der Waals surface area contributed by atoms with Gasteiger partial charge in [-0.25, -0.2) is 13.1 Å². The lowest BCUT2D eigenvalue weighted by atomic mass is 10.2. The Morgan fingerprint density at radius 2 is 1.59 bits per heavy atom. The number of anilines is 1. The second-order valence-electron chi connectivity index (χ2n) is 6.40. The molecule has 1 aliphatic rings. The van der Waals surface area contributed by atoms with Crippen molar-refractivity contribution in [2.75, 3.05) is 5.32 Å². The van der Waals surface area contributed by atoms with Gasteiger partial charge in [0.2, 0.25) is 0 Å². The highest BCUT2D eigenvalue weighted by molar-refractivity contribution is 7.90. The van der Waals surface area contributed by atoms with Crippen molar-refractivity contribution in [2.45, 2.75) is 36.6 Å². The van der Waals surface area contributed by atoms with Crippen molar-refractivity contribution in [1.29, 1.82) is 0 Å². The van der Waals surface area contributed by atoms with Crippen molar-refractivity contribution in [3.63, 3.8) is 0 Å². The molecule has 1 fully saturated rings. The SMILES string of the molecule is O=C(NS(=O)(=O)c1ccc(NC(=S)NC2CCCC2)cc1)c1ccccc1. The summed E-state index contributed by atoms with van der Waals surface area (Å²) in [6.45, 7) is 0. The minimum absolute atomic E-state index is 0.00648. The Morgan fingerprint density at radius 1 is 0.963 bits per heavy atom. The van der Waals surface area contributed by atoms with Crippen molar-refractivity contribution >= 4 is 38.9 Å². The first-order valence-electron chi connectivity index (χ1n) is 8.74. The molecule has 0 heterocycles. The Kier molecular flexibility index (Phi) is 6.08. The molecule has 3 N–H and O–H groups in total. The lowest BCUT2D eigenvalue weighted by molar-refractivity contribution is 0.0981. The van der Waals surface area contributed by atoms with E-state index in [9.17, 15) is 13.2 Å². The predicted octanol–water partition coefficient (Wildman–Crippen LogP) is 3.03. The lowest BCUT2D eigenvalue weighted by Gasteiger charge is -2.16. The summed E-state index contributed by atoms with van der Waals surface area (Å²) >= 11 is 5.29. The highest BCUT2D eigenvalue weighted by Gasteiger charge is 2.19. The van der Waals surface area contributed by atoms with Crippen molar-refractivity contribution in [3.8, 4) is 0 Å². The summed E-state index contributed by atoms with van der Waals surface area (Å²) in [6.07, 6.45) is 4.64. The number of benzene rings is 2. The van der Waals surface area contributed by atoms with E-state index in [1.165, 1.54) is 25.0 Å². The average molecular weight is 404 g/mol. The van der Waals surface area contributed by atoms with E-state index in [-0.39, 0.29) is 10.5 Å². The van der Waals surface area contributed by atoms with Gasteiger partial charge in [-0.3, -0.25) is 4.79 Å². The molecule has 1 amide bonds. The minimum Gasteiger partial charge on any atom is -0.360 e. The molecule has 0 aliphatic heterocycles. The van der Waals surface area contributed by atoms with Gasteiger partial charge in [0, 0.05) is 17.3 Å². The molecule has 2 aromatic carbocycles. The Labute approximate surface area is 164 Å². The Balaban J connectivity index is 1.61. The fourth-order valence-corrected chi connectivity index (χ4v) is 4.23. The van der Waals surface area contributed by atoms with Gasteiger partial charge in [0.1, 0.15) is 0 Å². The second kappa shape index (κ2) is 8.49. The molecule has 2 aromatic rings. The number of rotatable bonds is 5. The first-order valence-corrected chi connectivity index (χ1v) is 10.6. The summed E-state index contributed by atoms with van der Waals surface area (Å²) in [7, 11) is -3.95. The number of thiocarbonyl (C=S) groups is 1. The number of carbonyl (C=O) groups excluding carboxylic acids is 1. The van der Waals surface area contributed by atoms with Crippen LogP contribution in [0.2, 0.25) is 0 Å². The molecule has 3 rings (SSSR count). The van der Waals surface area contributed by atoms with Crippen molar-refractivity contribution in [2.24, 2.45) is 0 Å². The van der Waals surface area contributed by atoms with Gasteiger partial charge in [0.05, 0.1) is 4.90 Å². The first kappa shape index (κ1) is 19.3. The molecule has 0 saturated heterocycles. The number of nitrogens with one attached hydrogen (secondary N) is 3. The van der Waals surface area contributed by atoms with Crippen LogP contribution in [0.1, 0.15) is 36.0 Å². The number of carbonyl (C=O) groups is 1. The Morgan fingerprint density at radius 3 is 2.22 bits per heavy atom. The van der Waals surface area contributed by atoms with Crippen LogP contribution in [-0.2, 0) is 10.0 Å². The molecular formula is C19H21N3O3S2. The van der Waals surface area contributed by atoms with Gasteiger partial charge < -0.3 is 10.6 Å². The number of hydrogen-bond donors (Lipinski definition) is 3. The fraction of sp³-hybridized carbons (Fsp3) is 0.263. The maximum absolute atomic E-state index is 12.4.